The van der Waals surface area contributed by atoms with Crippen LogP contribution in [-0.4, -0.2) is 28.8 Å². The highest BCUT2D eigenvalue weighted by atomic mass is 16.4. The first-order valence-corrected chi connectivity index (χ1v) is 5.94. The molecule has 1 saturated heterocycles. The molecule has 0 radical (unpaired) electrons. The molecule has 92 valence electrons. The van der Waals surface area contributed by atoms with Crippen molar-refractivity contribution in [1.29, 1.82) is 0 Å². The van der Waals surface area contributed by atoms with Gasteiger partial charge in [-0.25, -0.2) is 4.79 Å². The zero-order valence-corrected chi connectivity index (χ0v) is 9.89. The predicted molar refractivity (Wildman–Crippen MR) is 65.5 cm³/mol. The second-order valence-electron chi connectivity index (χ2n) is 4.36. The van der Waals surface area contributed by atoms with Gasteiger partial charge in [0.25, 0.3) is 0 Å². The quantitative estimate of drug-likeness (QED) is 0.841. The second kappa shape index (κ2) is 4.65. The van der Waals surface area contributed by atoms with E-state index in [1.807, 2.05) is 24.0 Å². The molecule has 0 saturated carbocycles. The number of aromatic hydroxyl groups is 1. The molecule has 1 atom stereocenters. The Morgan fingerprint density at radius 3 is 2.88 bits per heavy atom. The number of phenolic OH excluding ortho intramolecular Hbond substituents is 1. The third-order valence-electron chi connectivity index (χ3n) is 3.32. The fourth-order valence-corrected chi connectivity index (χ4v) is 2.36. The van der Waals surface area contributed by atoms with E-state index in [2.05, 4.69) is 0 Å². The van der Waals surface area contributed by atoms with Gasteiger partial charge < -0.3 is 15.1 Å². The van der Waals surface area contributed by atoms with E-state index in [0.29, 0.717) is 6.42 Å². The van der Waals surface area contributed by atoms with Gasteiger partial charge in [-0.3, -0.25) is 0 Å². The van der Waals surface area contributed by atoms with Gasteiger partial charge in [0.1, 0.15) is 11.8 Å². The number of carboxylic acid groups (broad SMARTS) is 1. The molecular formula is C13H17NO3. The lowest BCUT2D eigenvalue weighted by molar-refractivity contribution is -0.138. The van der Waals surface area contributed by atoms with Crippen LogP contribution in [0.4, 0.5) is 5.69 Å². The number of aliphatic carboxylic acids is 1. The van der Waals surface area contributed by atoms with Crippen LogP contribution in [0.25, 0.3) is 0 Å². The molecule has 0 amide bonds. The first-order chi connectivity index (χ1) is 8.13. The van der Waals surface area contributed by atoms with E-state index in [4.69, 9.17) is 5.11 Å². The lowest BCUT2D eigenvalue weighted by Gasteiger charge is -2.24. The van der Waals surface area contributed by atoms with Crippen LogP contribution in [0.1, 0.15) is 25.3 Å². The van der Waals surface area contributed by atoms with Crippen LogP contribution >= 0.6 is 0 Å². The van der Waals surface area contributed by atoms with Gasteiger partial charge >= 0.3 is 5.97 Å². The van der Waals surface area contributed by atoms with Gasteiger partial charge in [-0.15, -0.1) is 0 Å². The van der Waals surface area contributed by atoms with E-state index in [1.165, 1.54) is 0 Å². The van der Waals surface area contributed by atoms with Crippen LogP contribution in [-0.2, 0) is 11.2 Å². The van der Waals surface area contributed by atoms with Crippen LogP contribution in [0.5, 0.6) is 5.75 Å². The van der Waals surface area contributed by atoms with Crippen molar-refractivity contribution in [1.82, 2.24) is 0 Å². The number of aryl methyl sites for hydroxylation is 1. The van der Waals surface area contributed by atoms with Crippen molar-refractivity contribution in [3.8, 4) is 5.75 Å². The minimum absolute atomic E-state index is 0.251. The average Bonchev–Trinajstić information content (AvgIpc) is 2.77. The molecular weight excluding hydrogens is 218 g/mol. The number of phenols is 1. The molecule has 1 fully saturated rings. The zero-order valence-electron chi connectivity index (χ0n) is 9.89. The first kappa shape index (κ1) is 11.8. The number of carboxylic acids is 1. The summed E-state index contributed by atoms with van der Waals surface area (Å²) in [4.78, 5) is 12.9. The fourth-order valence-electron chi connectivity index (χ4n) is 2.36. The summed E-state index contributed by atoms with van der Waals surface area (Å²) in [5, 5.41) is 18.9. The Kier molecular flexibility index (Phi) is 3.22. The molecule has 0 spiro atoms. The maximum Gasteiger partial charge on any atom is 0.326 e. The Morgan fingerprint density at radius 2 is 2.29 bits per heavy atom. The van der Waals surface area contributed by atoms with E-state index in [1.54, 1.807) is 6.07 Å². The highest BCUT2D eigenvalue weighted by molar-refractivity contribution is 5.79. The van der Waals surface area contributed by atoms with Gasteiger partial charge in [-0.2, -0.15) is 0 Å². The van der Waals surface area contributed by atoms with Gasteiger partial charge in [-0.1, -0.05) is 13.0 Å². The highest BCUT2D eigenvalue weighted by Crippen LogP contribution is 2.30. The molecule has 1 aromatic carbocycles. The summed E-state index contributed by atoms with van der Waals surface area (Å²) >= 11 is 0. The molecule has 1 unspecified atom stereocenters. The molecule has 1 heterocycles. The molecule has 0 bridgehead atoms. The molecule has 2 rings (SSSR count). The van der Waals surface area contributed by atoms with Crippen LogP contribution in [0.2, 0.25) is 0 Å². The summed E-state index contributed by atoms with van der Waals surface area (Å²) in [5.74, 6) is -0.539. The monoisotopic (exact) mass is 235 g/mol. The van der Waals surface area contributed by atoms with E-state index < -0.39 is 12.0 Å². The Bertz CT molecular complexity index is 431. The zero-order chi connectivity index (χ0) is 12.4. The van der Waals surface area contributed by atoms with Crippen molar-refractivity contribution >= 4 is 11.7 Å². The SMILES string of the molecule is CCc1ccc(N2CCCC2C(=O)O)cc1O. The van der Waals surface area contributed by atoms with Crippen molar-refractivity contribution < 1.29 is 15.0 Å². The molecule has 1 aliphatic heterocycles. The Morgan fingerprint density at radius 1 is 1.53 bits per heavy atom. The van der Waals surface area contributed by atoms with Crippen LogP contribution < -0.4 is 4.90 Å². The van der Waals surface area contributed by atoms with Crippen molar-refractivity contribution in [2.75, 3.05) is 11.4 Å². The van der Waals surface area contributed by atoms with Gasteiger partial charge in [0.05, 0.1) is 0 Å². The molecule has 4 nitrogen and oxygen atoms in total. The lowest BCUT2D eigenvalue weighted by atomic mass is 10.1. The van der Waals surface area contributed by atoms with Gasteiger partial charge in [0.2, 0.25) is 0 Å². The second-order valence-corrected chi connectivity index (χ2v) is 4.36. The number of anilines is 1. The molecule has 17 heavy (non-hydrogen) atoms. The third kappa shape index (κ3) is 2.20. The third-order valence-corrected chi connectivity index (χ3v) is 3.32. The Hall–Kier alpha value is -1.71. The first-order valence-electron chi connectivity index (χ1n) is 5.94. The minimum atomic E-state index is -0.790. The van der Waals surface area contributed by atoms with Gasteiger partial charge in [-0.05, 0) is 30.9 Å². The number of nitrogens with zero attached hydrogens (tertiary/aromatic N) is 1. The van der Waals surface area contributed by atoms with Gasteiger partial charge in [0.15, 0.2) is 0 Å². The summed E-state index contributed by atoms with van der Waals surface area (Å²) in [6, 6.07) is 4.96. The Labute approximate surface area is 100 Å². The lowest BCUT2D eigenvalue weighted by Crippen LogP contribution is -2.35. The number of carbonyl (C=O) groups is 1. The molecule has 4 heteroatoms. The average molecular weight is 235 g/mol. The van der Waals surface area contributed by atoms with Gasteiger partial charge in [0, 0.05) is 18.3 Å². The fraction of sp³-hybridized carbons (Fsp3) is 0.462. The molecule has 0 aromatic heterocycles. The van der Waals surface area contributed by atoms with Crippen molar-refractivity contribution in [3.05, 3.63) is 23.8 Å². The summed E-state index contributed by atoms with van der Waals surface area (Å²) in [7, 11) is 0. The van der Waals surface area contributed by atoms with E-state index in [9.17, 15) is 9.90 Å². The summed E-state index contributed by atoms with van der Waals surface area (Å²) in [5.41, 5.74) is 1.68. The van der Waals surface area contributed by atoms with Crippen molar-refractivity contribution in [2.24, 2.45) is 0 Å². The summed E-state index contributed by atoms with van der Waals surface area (Å²) in [6.45, 7) is 2.71. The number of hydrogen-bond donors (Lipinski definition) is 2. The number of hydrogen-bond acceptors (Lipinski definition) is 3. The number of rotatable bonds is 3. The highest BCUT2D eigenvalue weighted by Gasteiger charge is 2.30. The smallest absolute Gasteiger partial charge is 0.326 e. The summed E-state index contributed by atoms with van der Waals surface area (Å²) < 4.78 is 0. The topological polar surface area (TPSA) is 60.8 Å². The number of benzene rings is 1. The molecule has 0 aliphatic carbocycles. The van der Waals surface area contributed by atoms with E-state index in [0.717, 1.165) is 30.6 Å². The molecule has 1 aromatic rings. The predicted octanol–water partition coefficient (Wildman–Crippen LogP) is 2.01. The maximum atomic E-state index is 11.1. The molecule has 1 aliphatic rings. The van der Waals surface area contributed by atoms with E-state index in [-0.39, 0.29) is 5.75 Å². The van der Waals surface area contributed by atoms with Crippen molar-refractivity contribution in [3.63, 3.8) is 0 Å². The van der Waals surface area contributed by atoms with Crippen LogP contribution in [0, 0.1) is 0 Å². The normalized spacial score (nSPS) is 19.6. The van der Waals surface area contributed by atoms with Crippen LogP contribution in [0.15, 0.2) is 18.2 Å². The maximum absolute atomic E-state index is 11.1. The summed E-state index contributed by atoms with van der Waals surface area (Å²) in [6.07, 6.45) is 2.33. The largest absolute Gasteiger partial charge is 0.508 e. The Balaban J connectivity index is 2.27. The minimum Gasteiger partial charge on any atom is -0.508 e. The standard InChI is InChI=1S/C13H17NO3/c1-2-9-5-6-10(8-12(9)15)14-7-3-4-11(14)13(16)17/h5-6,8,11,15H,2-4,7H2,1H3,(H,16,17). The van der Waals surface area contributed by atoms with Crippen LogP contribution in [0.3, 0.4) is 0 Å². The van der Waals surface area contributed by atoms with E-state index >= 15 is 0 Å². The van der Waals surface area contributed by atoms with Crippen molar-refractivity contribution in [2.45, 2.75) is 32.2 Å². The molecule has 2 N–H and O–H groups in total.